The van der Waals surface area contributed by atoms with E-state index in [9.17, 15) is 9.59 Å². The van der Waals surface area contributed by atoms with Crippen LogP contribution in [0.25, 0.3) is 0 Å². The third-order valence-corrected chi connectivity index (χ3v) is 4.46. The molecule has 0 spiro atoms. The second kappa shape index (κ2) is 8.53. The van der Waals surface area contributed by atoms with Crippen LogP contribution >= 0.6 is 0 Å². The highest BCUT2D eigenvalue weighted by Crippen LogP contribution is 2.19. The highest BCUT2D eigenvalue weighted by molar-refractivity contribution is 6.02. The van der Waals surface area contributed by atoms with Crippen molar-refractivity contribution >= 4 is 17.5 Å². The Morgan fingerprint density at radius 1 is 1.23 bits per heavy atom. The average Bonchev–Trinajstić information content (AvgIpc) is 3.21. The molecule has 7 heteroatoms. The minimum atomic E-state index is -0.337. The number of hydrogen-bond acceptors (Lipinski definition) is 5. The number of carbonyl (C=O) groups is 2. The molecule has 0 aliphatic carbocycles. The van der Waals surface area contributed by atoms with Crippen molar-refractivity contribution in [1.29, 1.82) is 0 Å². The van der Waals surface area contributed by atoms with Crippen LogP contribution in [-0.4, -0.2) is 49.5 Å². The maximum absolute atomic E-state index is 12.3. The Morgan fingerprint density at radius 2 is 2.04 bits per heavy atom. The van der Waals surface area contributed by atoms with Gasteiger partial charge in [-0.1, -0.05) is 6.07 Å². The van der Waals surface area contributed by atoms with E-state index in [1.807, 2.05) is 11.9 Å². The molecule has 2 amide bonds. The van der Waals surface area contributed by atoms with Crippen LogP contribution in [0.3, 0.4) is 0 Å². The number of anilines is 1. The maximum atomic E-state index is 12.3. The van der Waals surface area contributed by atoms with Gasteiger partial charge in [0, 0.05) is 30.9 Å². The van der Waals surface area contributed by atoms with Gasteiger partial charge in [0.1, 0.15) is 5.75 Å². The lowest BCUT2D eigenvalue weighted by Crippen LogP contribution is -2.45. The Labute approximate surface area is 152 Å². The molecule has 138 valence electrons. The SMILES string of the molecule is CNC1CCN(C(=O)COc2cccc(NC(=O)c3ccco3)c2)CC1. The Morgan fingerprint density at radius 3 is 2.73 bits per heavy atom. The Kier molecular flexibility index (Phi) is 5.91. The first kappa shape index (κ1) is 18.0. The van der Waals surface area contributed by atoms with Crippen LogP contribution in [0.15, 0.2) is 47.1 Å². The normalized spacial score (nSPS) is 14.9. The van der Waals surface area contributed by atoms with Crippen molar-refractivity contribution in [3.8, 4) is 5.75 Å². The monoisotopic (exact) mass is 357 g/mol. The van der Waals surface area contributed by atoms with Crippen molar-refractivity contribution in [2.45, 2.75) is 18.9 Å². The average molecular weight is 357 g/mol. The second-order valence-corrected chi connectivity index (χ2v) is 6.19. The zero-order valence-electron chi connectivity index (χ0n) is 14.7. The molecule has 2 N–H and O–H groups in total. The van der Waals surface area contributed by atoms with E-state index in [1.165, 1.54) is 6.26 Å². The quantitative estimate of drug-likeness (QED) is 0.827. The summed E-state index contributed by atoms with van der Waals surface area (Å²) in [5.41, 5.74) is 0.575. The van der Waals surface area contributed by atoms with E-state index in [4.69, 9.17) is 9.15 Å². The van der Waals surface area contributed by atoms with Gasteiger partial charge in [-0.05, 0) is 44.2 Å². The Balaban J connectivity index is 1.51. The van der Waals surface area contributed by atoms with E-state index >= 15 is 0 Å². The van der Waals surface area contributed by atoms with E-state index in [1.54, 1.807) is 36.4 Å². The summed E-state index contributed by atoms with van der Waals surface area (Å²) in [5.74, 6) is 0.400. The first-order valence-corrected chi connectivity index (χ1v) is 8.68. The van der Waals surface area contributed by atoms with E-state index in [-0.39, 0.29) is 24.2 Å². The van der Waals surface area contributed by atoms with Crippen molar-refractivity contribution < 1.29 is 18.7 Å². The first-order chi connectivity index (χ1) is 12.7. The predicted molar refractivity (Wildman–Crippen MR) is 97.3 cm³/mol. The number of nitrogens with zero attached hydrogens (tertiary/aromatic N) is 1. The number of furan rings is 1. The molecule has 7 nitrogen and oxygen atoms in total. The molecule has 1 aliphatic heterocycles. The van der Waals surface area contributed by atoms with Crippen LogP contribution < -0.4 is 15.4 Å². The topological polar surface area (TPSA) is 83.8 Å². The fourth-order valence-corrected chi connectivity index (χ4v) is 2.92. The standard InChI is InChI=1S/C19H23N3O4/c1-20-14-7-9-22(10-8-14)18(23)13-26-16-5-2-4-15(12-16)21-19(24)17-6-3-11-25-17/h2-6,11-12,14,20H,7-10,13H2,1H3,(H,21,24). The number of likely N-dealkylation sites (tertiary alicyclic amines) is 1. The molecule has 3 rings (SSSR count). The van der Waals surface area contributed by atoms with E-state index in [2.05, 4.69) is 10.6 Å². The molecular formula is C19H23N3O4. The summed E-state index contributed by atoms with van der Waals surface area (Å²) in [7, 11) is 1.95. The Hall–Kier alpha value is -2.80. The van der Waals surface area contributed by atoms with Crippen molar-refractivity contribution in [1.82, 2.24) is 10.2 Å². The molecule has 0 bridgehead atoms. The third kappa shape index (κ3) is 4.64. The van der Waals surface area contributed by atoms with Gasteiger partial charge < -0.3 is 24.7 Å². The molecule has 0 saturated carbocycles. The molecule has 1 aliphatic rings. The summed E-state index contributed by atoms with van der Waals surface area (Å²) >= 11 is 0. The van der Waals surface area contributed by atoms with E-state index in [0.717, 1.165) is 25.9 Å². The molecule has 1 aromatic carbocycles. The fourth-order valence-electron chi connectivity index (χ4n) is 2.92. The predicted octanol–water partition coefficient (Wildman–Crippen LogP) is 2.12. The lowest BCUT2D eigenvalue weighted by atomic mass is 10.1. The number of carbonyl (C=O) groups excluding carboxylic acids is 2. The van der Waals surface area contributed by atoms with Crippen LogP contribution in [-0.2, 0) is 4.79 Å². The fraction of sp³-hybridized carbons (Fsp3) is 0.368. The third-order valence-electron chi connectivity index (χ3n) is 4.46. The molecule has 1 saturated heterocycles. The van der Waals surface area contributed by atoms with Gasteiger partial charge in [-0.2, -0.15) is 0 Å². The van der Waals surface area contributed by atoms with Crippen LogP contribution in [0, 0.1) is 0 Å². The van der Waals surface area contributed by atoms with Gasteiger partial charge in [-0.25, -0.2) is 0 Å². The van der Waals surface area contributed by atoms with Crippen LogP contribution in [0.1, 0.15) is 23.4 Å². The molecule has 0 atom stereocenters. The summed E-state index contributed by atoms with van der Waals surface area (Å²) in [6, 6.07) is 10.7. The first-order valence-electron chi connectivity index (χ1n) is 8.68. The molecule has 1 fully saturated rings. The summed E-state index contributed by atoms with van der Waals surface area (Å²) < 4.78 is 10.7. The van der Waals surface area contributed by atoms with E-state index in [0.29, 0.717) is 17.5 Å². The molecule has 2 heterocycles. The largest absolute Gasteiger partial charge is 0.484 e. The Bertz CT molecular complexity index is 737. The zero-order chi connectivity index (χ0) is 18.4. The number of piperidine rings is 1. The summed E-state index contributed by atoms with van der Waals surface area (Å²) in [6.07, 6.45) is 3.35. The van der Waals surface area contributed by atoms with Crippen molar-refractivity contribution in [2.24, 2.45) is 0 Å². The molecule has 26 heavy (non-hydrogen) atoms. The lowest BCUT2D eigenvalue weighted by molar-refractivity contribution is -0.134. The van der Waals surface area contributed by atoms with Crippen molar-refractivity contribution in [3.63, 3.8) is 0 Å². The number of nitrogens with one attached hydrogen (secondary N) is 2. The molecule has 0 unspecified atom stereocenters. The van der Waals surface area contributed by atoms with Gasteiger partial charge in [0.25, 0.3) is 11.8 Å². The van der Waals surface area contributed by atoms with Gasteiger partial charge in [-0.15, -0.1) is 0 Å². The second-order valence-electron chi connectivity index (χ2n) is 6.19. The van der Waals surface area contributed by atoms with Gasteiger partial charge in [0.2, 0.25) is 0 Å². The lowest BCUT2D eigenvalue weighted by Gasteiger charge is -2.31. The van der Waals surface area contributed by atoms with Gasteiger partial charge in [-0.3, -0.25) is 9.59 Å². The summed E-state index contributed by atoms with van der Waals surface area (Å²) in [5, 5.41) is 5.97. The van der Waals surface area contributed by atoms with E-state index < -0.39 is 0 Å². The van der Waals surface area contributed by atoms with Crippen LogP contribution in [0.4, 0.5) is 5.69 Å². The summed E-state index contributed by atoms with van der Waals surface area (Å²) in [6.45, 7) is 1.47. The highest BCUT2D eigenvalue weighted by Gasteiger charge is 2.21. The van der Waals surface area contributed by atoms with Gasteiger partial charge >= 0.3 is 0 Å². The minimum absolute atomic E-state index is 0.0141. The maximum Gasteiger partial charge on any atom is 0.291 e. The number of hydrogen-bond donors (Lipinski definition) is 2. The van der Waals surface area contributed by atoms with Crippen molar-refractivity contribution in [3.05, 3.63) is 48.4 Å². The molecule has 2 aromatic rings. The number of rotatable bonds is 6. The van der Waals surface area contributed by atoms with Crippen LogP contribution in [0.2, 0.25) is 0 Å². The van der Waals surface area contributed by atoms with Crippen molar-refractivity contribution in [2.75, 3.05) is 32.1 Å². The molecule has 1 aromatic heterocycles. The number of ether oxygens (including phenoxy) is 1. The zero-order valence-corrected chi connectivity index (χ0v) is 14.7. The number of amides is 2. The molecule has 0 radical (unpaired) electrons. The smallest absolute Gasteiger partial charge is 0.291 e. The van der Waals surface area contributed by atoms with Gasteiger partial charge in [0.05, 0.1) is 6.26 Å². The molecular weight excluding hydrogens is 334 g/mol. The minimum Gasteiger partial charge on any atom is -0.484 e. The number of benzene rings is 1. The van der Waals surface area contributed by atoms with Crippen LogP contribution in [0.5, 0.6) is 5.75 Å². The van der Waals surface area contributed by atoms with Gasteiger partial charge in [0.15, 0.2) is 12.4 Å². The summed E-state index contributed by atoms with van der Waals surface area (Å²) in [4.78, 5) is 26.1. The highest BCUT2D eigenvalue weighted by atomic mass is 16.5.